The minimum absolute atomic E-state index is 0.0289. The first-order valence-corrected chi connectivity index (χ1v) is 5.82. The number of hydrogen-bond acceptors (Lipinski definition) is 2. The minimum atomic E-state index is -0.0289. The van der Waals surface area contributed by atoms with Gasteiger partial charge in [0.2, 0.25) is 0 Å². The Hall–Kier alpha value is -0.530. The van der Waals surface area contributed by atoms with Crippen LogP contribution in [0.4, 0.5) is 0 Å². The van der Waals surface area contributed by atoms with Gasteiger partial charge in [0, 0.05) is 0 Å². The molecule has 0 aromatic rings. The van der Waals surface area contributed by atoms with Gasteiger partial charge in [-0.3, -0.25) is 4.79 Å². The summed E-state index contributed by atoms with van der Waals surface area (Å²) in [7, 11) is 0. The molecule has 84 valence electrons. The van der Waals surface area contributed by atoms with E-state index in [1.165, 1.54) is 0 Å². The van der Waals surface area contributed by atoms with Crippen molar-refractivity contribution in [1.29, 1.82) is 0 Å². The van der Waals surface area contributed by atoms with Crippen LogP contribution in [0.2, 0.25) is 0 Å². The normalized spacial score (nSPS) is 12.9. The highest BCUT2D eigenvalue weighted by molar-refractivity contribution is 5.71. The van der Waals surface area contributed by atoms with Crippen LogP contribution in [-0.2, 0) is 9.53 Å². The highest BCUT2D eigenvalue weighted by Gasteiger charge is 2.14. The second-order valence-electron chi connectivity index (χ2n) is 4.00. The van der Waals surface area contributed by atoms with E-state index in [2.05, 4.69) is 20.8 Å². The fourth-order valence-electron chi connectivity index (χ4n) is 1.42. The minimum Gasteiger partial charge on any atom is -0.465 e. The van der Waals surface area contributed by atoms with Crippen LogP contribution < -0.4 is 0 Å². The molecule has 14 heavy (non-hydrogen) atoms. The lowest BCUT2D eigenvalue weighted by Gasteiger charge is -2.15. The second-order valence-corrected chi connectivity index (χ2v) is 4.00. The molecule has 0 aromatic heterocycles. The van der Waals surface area contributed by atoms with Crippen molar-refractivity contribution in [1.82, 2.24) is 0 Å². The van der Waals surface area contributed by atoms with Crippen molar-refractivity contribution >= 4 is 5.97 Å². The SMILES string of the molecule is CCCC(C)C(=O)OCC(CC)CC. The third kappa shape index (κ3) is 5.25. The number of ether oxygens (including phenoxy) is 1. The van der Waals surface area contributed by atoms with Crippen molar-refractivity contribution in [3.05, 3.63) is 0 Å². The first kappa shape index (κ1) is 13.5. The van der Waals surface area contributed by atoms with Crippen molar-refractivity contribution in [2.24, 2.45) is 11.8 Å². The van der Waals surface area contributed by atoms with Crippen LogP contribution in [0, 0.1) is 11.8 Å². The lowest BCUT2D eigenvalue weighted by Crippen LogP contribution is -2.18. The predicted octanol–water partition coefficient (Wildman–Crippen LogP) is 3.40. The van der Waals surface area contributed by atoms with Crippen molar-refractivity contribution in [2.75, 3.05) is 6.61 Å². The van der Waals surface area contributed by atoms with Gasteiger partial charge >= 0.3 is 5.97 Å². The molecule has 0 saturated carbocycles. The molecule has 0 aliphatic carbocycles. The summed E-state index contributed by atoms with van der Waals surface area (Å²) in [5.74, 6) is 0.570. The van der Waals surface area contributed by atoms with E-state index in [0.29, 0.717) is 12.5 Å². The maximum Gasteiger partial charge on any atom is 0.308 e. The van der Waals surface area contributed by atoms with E-state index < -0.39 is 0 Å². The largest absolute Gasteiger partial charge is 0.465 e. The summed E-state index contributed by atoms with van der Waals surface area (Å²) in [6.07, 6.45) is 4.15. The van der Waals surface area contributed by atoms with Crippen LogP contribution >= 0.6 is 0 Å². The van der Waals surface area contributed by atoms with Gasteiger partial charge in [-0.2, -0.15) is 0 Å². The van der Waals surface area contributed by atoms with Crippen LogP contribution in [0.15, 0.2) is 0 Å². The van der Waals surface area contributed by atoms with Crippen molar-refractivity contribution in [2.45, 2.75) is 53.4 Å². The number of rotatable bonds is 7. The Morgan fingerprint density at radius 3 is 2.21 bits per heavy atom. The maximum atomic E-state index is 11.4. The van der Waals surface area contributed by atoms with E-state index in [1.54, 1.807) is 0 Å². The molecule has 0 spiro atoms. The molecule has 0 amide bonds. The molecule has 0 fully saturated rings. The second kappa shape index (κ2) is 7.84. The highest BCUT2D eigenvalue weighted by atomic mass is 16.5. The van der Waals surface area contributed by atoms with Gasteiger partial charge in [0.05, 0.1) is 12.5 Å². The standard InChI is InChI=1S/C12H24O2/c1-5-8-10(4)12(13)14-9-11(6-2)7-3/h10-11H,5-9H2,1-4H3. The van der Waals surface area contributed by atoms with Crippen molar-refractivity contribution in [3.63, 3.8) is 0 Å². The molecule has 0 rings (SSSR count). The number of esters is 1. The number of carbonyl (C=O) groups excluding carboxylic acids is 1. The zero-order valence-corrected chi connectivity index (χ0v) is 10.0. The van der Waals surface area contributed by atoms with Crippen LogP contribution in [0.1, 0.15) is 53.4 Å². The Kier molecular flexibility index (Phi) is 7.54. The third-order valence-corrected chi connectivity index (χ3v) is 2.74. The Balaban J connectivity index is 3.71. The summed E-state index contributed by atoms with van der Waals surface area (Å²) in [5, 5.41) is 0. The van der Waals surface area contributed by atoms with Crippen molar-refractivity contribution < 1.29 is 9.53 Å². The van der Waals surface area contributed by atoms with E-state index in [4.69, 9.17) is 4.74 Å². The Labute approximate surface area is 88.0 Å². The molecule has 0 bridgehead atoms. The van der Waals surface area contributed by atoms with Gasteiger partial charge in [-0.1, -0.05) is 47.0 Å². The van der Waals surface area contributed by atoms with Crippen LogP contribution in [0.3, 0.4) is 0 Å². The molecule has 2 heteroatoms. The summed E-state index contributed by atoms with van der Waals surface area (Å²) < 4.78 is 5.26. The summed E-state index contributed by atoms with van der Waals surface area (Å²) in [6.45, 7) is 8.90. The average molecular weight is 200 g/mol. The fourth-order valence-corrected chi connectivity index (χ4v) is 1.42. The van der Waals surface area contributed by atoms with E-state index in [-0.39, 0.29) is 11.9 Å². The van der Waals surface area contributed by atoms with Crippen LogP contribution in [-0.4, -0.2) is 12.6 Å². The average Bonchev–Trinajstić information content (AvgIpc) is 2.19. The molecule has 0 heterocycles. The zero-order chi connectivity index (χ0) is 11.0. The highest BCUT2D eigenvalue weighted by Crippen LogP contribution is 2.11. The Bertz CT molecular complexity index is 150. The molecule has 0 aromatic carbocycles. The van der Waals surface area contributed by atoms with Gasteiger partial charge in [0.15, 0.2) is 0 Å². The van der Waals surface area contributed by atoms with Gasteiger partial charge in [0.1, 0.15) is 0 Å². The molecular formula is C12H24O2. The van der Waals surface area contributed by atoms with E-state index in [0.717, 1.165) is 25.7 Å². The molecule has 1 unspecified atom stereocenters. The van der Waals surface area contributed by atoms with Gasteiger partial charge in [-0.15, -0.1) is 0 Å². The molecular weight excluding hydrogens is 176 g/mol. The predicted molar refractivity (Wildman–Crippen MR) is 59.1 cm³/mol. The number of carbonyl (C=O) groups is 1. The molecule has 0 aliphatic rings. The molecule has 2 nitrogen and oxygen atoms in total. The molecule has 1 atom stereocenters. The van der Waals surface area contributed by atoms with Gasteiger partial charge in [0.25, 0.3) is 0 Å². The summed E-state index contributed by atoms with van der Waals surface area (Å²) in [6, 6.07) is 0. The molecule has 0 saturated heterocycles. The van der Waals surface area contributed by atoms with E-state index >= 15 is 0 Å². The zero-order valence-electron chi connectivity index (χ0n) is 10.0. The van der Waals surface area contributed by atoms with E-state index in [1.807, 2.05) is 6.92 Å². The first-order valence-electron chi connectivity index (χ1n) is 5.82. The fraction of sp³-hybridized carbons (Fsp3) is 0.917. The molecule has 0 radical (unpaired) electrons. The first-order chi connectivity index (χ1) is 6.65. The van der Waals surface area contributed by atoms with Crippen LogP contribution in [0.5, 0.6) is 0 Å². The number of hydrogen-bond donors (Lipinski definition) is 0. The monoisotopic (exact) mass is 200 g/mol. The smallest absolute Gasteiger partial charge is 0.308 e. The maximum absolute atomic E-state index is 11.4. The topological polar surface area (TPSA) is 26.3 Å². The molecule has 0 N–H and O–H groups in total. The lowest BCUT2D eigenvalue weighted by molar-refractivity contribution is -0.149. The van der Waals surface area contributed by atoms with Crippen molar-refractivity contribution in [3.8, 4) is 0 Å². The van der Waals surface area contributed by atoms with Gasteiger partial charge in [-0.05, 0) is 12.3 Å². The Morgan fingerprint density at radius 1 is 1.21 bits per heavy atom. The summed E-state index contributed by atoms with van der Waals surface area (Å²) in [4.78, 5) is 11.4. The van der Waals surface area contributed by atoms with Gasteiger partial charge < -0.3 is 4.74 Å². The quantitative estimate of drug-likeness (QED) is 0.589. The third-order valence-electron chi connectivity index (χ3n) is 2.74. The molecule has 0 aliphatic heterocycles. The van der Waals surface area contributed by atoms with Gasteiger partial charge in [-0.25, -0.2) is 0 Å². The van der Waals surface area contributed by atoms with E-state index in [9.17, 15) is 4.79 Å². The summed E-state index contributed by atoms with van der Waals surface area (Å²) >= 11 is 0. The van der Waals surface area contributed by atoms with Crippen LogP contribution in [0.25, 0.3) is 0 Å². The summed E-state index contributed by atoms with van der Waals surface area (Å²) in [5.41, 5.74) is 0. The lowest BCUT2D eigenvalue weighted by atomic mass is 10.0. The Morgan fingerprint density at radius 2 is 1.79 bits per heavy atom.